The molecule has 1 unspecified atom stereocenters. The van der Waals surface area contributed by atoms with Crippen LogP contribution in [0.4, 0.5) is 0 Å². The molecule has 13 heavy (non-hydrogen) atoms. The average Bonchev–Trinajstić information content (AvgIpc) is 2.16. The first kappa shape index (κ1) is 10.0. The highest BCUT2D eigenvalue weighted by molar-refractivity contribution is 6.32. The minimum absolute atomic E-state index is 0.356. The lowest BCUT2D eigenvalue weighted by Crippen LogP contribution is -1.98. The van der Waals surface area contributed by atoms with Crippen LogP contribution in [-0.2, 0) is 4.79 Å². The van der Waals surface area contributed by atoms with Crippen LogP contribution in [-0.4, -0.2) is 18.5 Å². The molecule has 1 N–H and O–H groups in total. The Morgan fingerprint density at radius 2 is 2.31 bits per heavy atom. The van der Waals surface area contributed by atoms with Crippen LogP contribution in [0.5, 0.6) is 5.75 Å². The Balaban J connectivity index is 3.02. The largest absolute Gasteiger partial charge is 0.495 e. The van der Waals surface area contributed by atoms with E-state index in [2.05, 4.69) is 0 Å². The molecule has 1 aromatic rings. The molecule has 0 aliphatic heterocycles. The van der Waals surface area contributed by atoms with Crippen molar-refractivity contribution in [2.24, 2.45) is 0 Å². The van der Waals surface area contributed by atoms with Gasteiger partial charge in [0.25, 0.3) is 0 Å². The van der Waals surface area contributed by atoms with Crippen molar-refractivity contribution >= 4 is 17.9 Å². The number of carbonyl (C=O) groups excluding carboxylic acids is 1. The van der Waals surface area contributed by atoms with E-state index in [-0.39, 0.29) is 0 Å². The number of halogens is 1. The lowest BCUT2D eigenvalue weighted by atomic mass is 10.1. The minimum Gasteiger partial charge on any atom is -0.495 e. The smallest absolute Gasteiger partial charge is 0.234 e. The summed E-state index contributed by atoms with van der Waals surface area (Å²) in [7, 11) is 1.49. The van der Waals surface area contributed by atoms with Crippen LogP contribution in [0, 0.1) is 0 Å². The quantitative estimate of drug-likeness (QED) is 0.803. The van der Waals surface area contributed by atoms with Crippen LogP contribution in [0.3, 0.4) is 0 Å². The van der Waals surface area contributed by atoms with Crippen molar-refractivity contribution in [2.45, 2.75) is 6.10 Å². The lowest BCUT2D eigenvalue weighted by Gasteiger charge is -2.06. The monoisotopic (exact) mass is 199 g/mol. The van der Waals surface area contributed by atoms with Gasteiger partial charge in [-0.05, 0) is 17.7 Å². The molecule has 0 aliphatic rings. The molecule has 0 saturated heterocycles. The molecule has 0 bridgehead atoms. The van der Waals surface area contributed by atoms with Crippen LogP contribution in [0.15, 0.2) is 18.2 Å². The van der Waals surface area contributed by atoms with E-state index >= 15 is 0 Å². The summed E-state index contributed by atoms with van der Waals surface area (Å²) >= 11 is 5.76. The van der Waals surface area contributed by atoms with Gasteiger partial charge in [0.1, 0.15) is 11.9 Å². The van der Waals surface area contributed by atoms with Gasteiger partial charge in [-0.3, -0.25) is 4.79 Å². The third kappa shape index (κ3) is 2.20. The van der Waals surface area contributed by atoms with Crippen molar-refractivity contribution in [3.63, 3.8) is 0 Å². The summed E-state index contributed by atoms with van der Waals surface area (Å²) in [6.45, 7) is 0. The molecule has 0 saturated carbocycles. The topological polar surface area (TPSA) is 46.5 Å². The number of rotatable bonds is 3. The Morgan fingerprint density at radius 1 is 1.62 bits per heavy atom. The molecule has 0 aliphatic carbocycles. The molecule has 4 heteroatoms. The highest BCUT2D eigenvalue weighted by atomic mass is 35.5. The molecule has 1 radical (unpaired) electrons. The third-order valence-electron chi connectivity index (χ3n) is 1.60. The summed E-state index contributed by atoms with van der Waals surface area (Å²) in [6, 6.07) is 4.61. The first-order valence-electron chi connectivity index (χ1n) is 3.58. The van der Waals surface area contributed by atoms with E-state index in [1.807, 2.05) is 0 Å². The Labute approximate surface area is 80.9 Å². The zero-order valence-electron chi connectivity index (χ0n) is 6.95. The Hall–Kier alpha value is -1.06. The maximum absolute atomic E-state index is 10.1. The zero-order valence-corrected chi connectivity index (χ0v) is 7.71. The molecular formula is C9H8ClO3. The second-order valence-corrected chi connectivity index (χ2v) is 2.82. The van der Waals surface area contributed by atoms with Gasteiger partial charge in [-0.15, -0.1) is 0 Å². The number of hydrogen-bond donors (Lipinski definition) is 1. The standard InChI is InChI=1S/C9H8ClO3/c1-13-9-3-2-6(4-7(9)10)8(12)5-11/h2-4,8,12H,1H3. The maximum Gasteiger partial charge on any atom is 0.234 e. The van der Waals surface area contributed by atoms with Gasteiger partial charge < -0.3 is 9.84 Å². The summed E-state index contributed by atoms with van der Waals surface area (Å²) in [6.07, 6.45) is 0.205. The fraction of sp³-hybridized carbons (Fsp3) is 0.222. The predicted octanol–water partition coefficient (Wildman–Crippen LogP) is 1.49. The number of methoxy groups -OCH3 is 1. The van der Waals surface area contributed by atoms with Crippen LogP contribution in [0.25, 0.3) is 0 Å². The second kappa shape index (κ2) is 4.25. The highest BCUT2D eigenvalue weighted by Crippen LogP contribution is 2.26. The van der Waals surface area contributed by atoms with Gasteiger partial charge in [0.05, 0.1) is 12.1 Å². The van der Waals surface area contributed by atoms with Crippen molar-refractivity contribution in [3.8, 4) is 5.75 Å². The molecule has 1 atom stereocenters. The lowest BCUT2D eigenvalue weighted by molar-refractivity contribution is 0.240. The minimum atomic E-state index is -1.25. The number of aliphatic hydroxyl groups is 1. The van der Waals surface area contributed by atoms with Crippen molar-refractivity contribution in [1.29, 1.82) is 0 Å². The van der Waals surface area contributed by atoms with E-state index in [0.717, 1.165) is 0 Å². The molecule has 0 aromatic heterocycles. The maximum atomic E-state index is 10.1. The van der Waals surface area contributed by atoms with Gasteiger partial charge in [-0.2, -0.15) is 0 Å². The van der Waals surface area contributed by atoms with Gasteiger partial charge in [0.2, 0.25) is 6.29 Å². The van der Waals surface area contributed by atoms with Crippen molar-refractivity contribution in [3.05, 3.63) is 28.8 Å². The summed E-state index contributed by atoms with van der Waals surface area (Å²) in [5.41, 5.74) is 0.404. The Kier molecular flexibility index (Phi) is 3.28. The van der Waals surface area contributed by atoms with Gasteiger partial charge >= 0.3 is 0 Å². The van der Waals surface area contributed by atoms with Crippen LogP contribution < -0.4 is 4.74 Å². The van der Waals surface area contributed by atoms with Crippen LogP contribution >= 0.6 is 11.6 Å². The molecular weight excluding hydrogens is 192 g/mol. The van der Waals surface area contributed by atoms with E-state index in [1.54, 1.807) is 12.1 Å². The van der Waals surface area contributed by atoms with Crippen molar-refractivity contribution in [2.75, 3.05) is 7.11 Å². The highest BCUT2D eigenvalue weighted by Gasteiger charge is 2.09. The van der Waals surface area contributed by atoms with E-state index in [1.165, 1.54) is 19.5 Å². The first-order chi connectivity index (χ1) is 6.19. The SMILES string of the molecule is COc1ccc(C(O)[C]=O)cc1Cl. The number of hydrogen-bond acceptors (Lipinski definition) is 3. The van der Waals surface area contributed by atoms with E-state index in [9.17, 15) is 4.79 Å². The molecule has 0 fully saturated rings. The fourth-order valence-electron chi connectivity index (χ4n) is 0.921. The molecule has 3 nitrogen and oxygen atoms in total. The summed E-state index contributed by atoms with van der Waals surface area (Å²) in [4.78, 5) is 10.1. The predicted molar refractivity (Wildman–Crippen MR) is 48.7 cm³/mol. The zero-order chi connectivity index (χ0) is 9.84. The first-order valence-corrected chi connectivity index (χ1v) is 3.96. The van der Waals surface area contributed by atoms with E-state index in [4.69, 9.17) is 21.4 Å². The third-order valence-corrected chi connectivity index (χ3v) is 1.90. The number of ether oxygens (including phenoxy) is 1. The number of benzene rings is 1. The van der Waals surface area contributed by atoms with Gasteiger partial charge in [0, 0.05) is 0 Å². The normalized spacial score (nSPS) is 12.2. The van der Waals surface area contributed by atoms with Crippen LogP contribution in [0.2, 0.25) is 5.02 Å². The van der Waals surface area contributed by atoms with Gasteiger partial charge in [0.15, 0.2) is 0 Å². The number of aliphatic hydroxyl groups excluding tert-OH is 1. The van der Waals surface area contributed by atoms with Crippen molar-refractivity contribution < 1.29 is 14.6 Å². The summed E-state index contributed by atoms with van der Waals surface area (Å²) < 4.78 is 4.90. The Bertz CT molecular complexity index is 312. The molecule has 0 heterocycles. The molecule has 1 rings (SSSR count). The Morgan fingerprint density at radius 3 is 2.77 bits per heavy atom. The van der Waals surface area contributed by atoms with Crippen molar-refractivity contribution in [1.82, 2.24) is 0 Å². The van der Waals surface area contributed by atoms with Gasteiger partial charge in [-0.1, -0.05) is 17.7 Å². The average molecular weight is 200 g/mol. The van der Waals surface area contributed by atoms with E-state index < -0.39 is 6.10 Å². The second-order valence-electron chi connectivity index (χ2n) is 2.41. The molecule has 1 aromatic carbocycles. The molecule has 69 valence electrons. The van der Waals surface area contributed by atoms with E-state index in [0.29, 0.717) is 16.3 Å². The summed E-state index contributed by atoms with van der Waals surface area (Å²) in [5.74, 6) is 0.503. The molecule has 0 spiro atoms. The fourth-order valence-corrected chi connectivity index (χ4v) is 1.19. The summed E-state index contributed by atoms with van der Waals surface area (Å²) in [5, 5.41) is 9.45. The van der Waals surface area contributed by atoms with Gasteiger partial charge in [-0.25, -0.2) is 0 Å². The molecule has 0 amide bonds. The van der Waals surface area contributed by atoms with Crippen LogP contribution in [0.1, 0.15) is 11.7 Å².